The Morgan fingerprint density at radius 1 is 1.17 bits per heavy atom. The molecule has 1 heterocycles. The standard InChI is InChI=1S/C14H16ClN3/c1-9-12(15)5-4-6-13(9)18-11(3)14-10(2)16-7-8-17-14/h4-8,11,18H,1-3H3. The lowest BCUT2D eigenvalue weighted by molar-refractivity contribution is 0.809. The van der Waals surface area contributed by atoms with Crippen LogP contribution in [-0.4, -0.2) is 9.97 Å². The van der Waals surface area contributed by atoms with Gasteiger partial charge in [0.05, 0.1) is 17.4 Å². The summed E-state index contributed by atoms with van der Waals surface area (Å²) in [5.74, 6) is 0. The fourth-order valence-electron chi connectivity index (χ4n) is 1.91. The Labute approximate surface area is 112 Å². The summed E-state index contributed by atoms with van der Waals surface area (Å²) in [5.41, 5.74) is 3.97. The zero-order chi connectivity index (χ0) is 13.1. The Hall–Kier alpha value is -1.61. The molecule has 1 N–H and O–H groups in total. The summed E-state index contributed by atoms with van der Waals surface area (Å²) in [7, 11) is 0. The maximum Gasteiger partial charge on any atom is 0.0835 e. The minimum atomic E-state index is 0.0934. The van der Waals surface area contributed by atoms with Crippen molar-refractivity contribution in [3.8, 4) is 0 Å². The second kappa shape index (κ2) is 5.36. The number of nitrogens with zero attached hydrogens (tertiary/aromatic N) is 2. The first kappa shape index (κ1) is 12.8. The van der Waals surface area contributed by atoms with Crippen molar-refractivity contribution in [1.82, 2.24) is 9.97 Å². The molecule has 0 aliphatic rings. The predicted molar refractivity (Wildman–Crippen MR) is 75.0 cm³/mol. The number of aryl methyl sites for hydroxylation is 1. The van der Waals surface area contributed by atoms with Gasteiger partial charge >= 0.3 is 0 Å². The molecule has 1 aromatic heterocycles. The van der Waals surface area contributed by atoms with Crippen LogP contribution in [0.5, 0.6) is 0 Å². The van der Waals surface area contributed by atoms with Gasteiger partial charge in [-0.15, -0.1) is 0 Å². The molecule has 0 aliphatic heterocycles. The summed E-state index contributed by atoms with van der Waals surface area (Å²) in [5, 5.41) is 4.19. The third kappa shape index (κ3) is 2.62. The Balaban J connectivity index is 2.24. The number of aromatic nitrogens is 2. The molecular formula is C14H16ClN3. The zero-order valence-electron chi connectivity index (χ0n) is 10.7. The number of hydrogen-bond acceptors (Lipinski definition) is 3. The van der Waals surface area contributed by atoms with E-state index in [-0.39, 0.29) is 6.04 Å². The van der Waals surface area contributed by atoms with Gasteiger partial charge in [-0.2, -0.15) is 0 Å². The smallest absolute Gasteiger partial charge is 0.0835 e. The van der Waals surface area contributed by atoms with E-state index in [2.05, 4.69) is 22.2 Å². The minimum absolute atomic E-state index is 0.0934. The van der Waals surface area contributed by atoms with Crippen LogP contribution >= 0.6 is 11.6 Å². The maximum atomic E-state index is 6.11. The van der Waals surface area contributed by atoms with Gasteiger partial charge in [0.25, 0.3) is 0 Å². The van der Waals surface area contributed by atoms with Crippen molar-refractivity contribution in [1.29, 1.82) is 0 Å². The van der Waals surface area contributed by atoms with E-state index in [4.69, 9.17) is 11.6 Å². The van der Waals surface area contributed by atoms with Crippen LogP contribution in [0.1, 0.15) is 29.9 Å². The molecule has 2 aromatic rings. The molecule has 0 saturated carbocycles. The van der Waals surface area contributed by atoms with Gasteiger partial charge in [0, 0.05) is 23.1 Å². The number of anilines is 1. The molecule has 0 amide bonds. The molecule has 0 aliphatic carbocycles. The van der Waals surface area contributed by atoms with Crippen LogP contribution in [0.15, 0.2) is 30.6 Å². The number of rotatable bonds is 3. The molecule has 0 fully saturated rings. The Morgan fingerprint density at radius 3 is 2.61 bits per heavy atom. The highest BCUT2D eigenvalue weighted by molar-refractivity contribution is 6.31. The van der Waals surface area contributed by atoms with Gasteiger partial charge in [0.1, 0.15) is 0 Å². The summed E-state index contributed by atoms with van der Waals surface area (Å²) in [6.45, 7) is 6.03. The van der Waals surface area contributed by atoms with Crippen LogP contribution < -0.4 is 5.32 Å². The highest BCUT2D eigenvalue weighted by Crippen LogP contribution is 2.26. The topological polar surface area (TPSA) is 37.8 Å². The van der Waals surface area contributed by atoms with Gasteiger partial charge in [-0.3, -0.25) is 9.97 Å². The van der Waals surface area contributed by atoms with E-state index in [9.17, 15) is 0 Å². The van der Waals surface area contributed by atoms with Crippen molar-refractivity contribution in [3.63, 3.8) is 0 Å². The summed E-state index contributed by atoms with van der Waals surface area (Å²) in [6.07, 6.45) is 3.42. The highest BCUT2D eigenvalue weighted by atomic mass is 35.5. The van der Waals surface area contributed by atoms with Gasteiger partial charge in [-0.1, -0.05) is 17.7 Å². The van der Waals surface area contributed by atoms with Crippen LogP contribution in [0.2, 0.25) is 5.02 Å². The zero-order valence-corrected chi connectivity index (χ0v) is 11.5. The van der Waals surface area contributed by atoms with E-state index in [1.807, 2.05) is 32.0 Å². The first-order valence-electron chi connectivity index (χ1n) is 5.88. The fourth-order valence-corrected chi connectivity index (χ4v) is 2.08. The first-order chi connectivity index (χ1) is 8.59. The van der Waals surface area contributed by atoms with Gasteiger partial charge < -0.3 is 5.32 Å². The van der Waals surface area contributed by atoms with Crippen molar-refractivity contribution in [2.24, 2.45) is 0 Å². The van der Waals surface area contributed by atoms with Gasteiger partial charge in [0.2, 0.25) is 0 Å². The molecule has 3 nitrogen and oxygen atoms in total. The van der Waals surface area contributed by atoms with Crippen LogP contribution in [0.25, 0.3) is 0 Å². The van der Waals surface area contributed by atoms with Gasteiger partial charge in [0.15, 0.2) is 0 Å². The van der Waals surface area contributed by atoms with E-state index in [0.717, 1.165) is 27.7 Å². The summed E-state index contributed by atoms with van der Waals surface area (Å²) in [6, 6.07) is 5.94. The second-order valence-electron chi connectivity index (χ2n) is 4.31. The van der Waals surface area contributed by atoms with Crippen LogP contribution in [-0.2, 0) is 0 Å². The molecule has 1 atom stereocenters. The minimum Gasteiger partial charge on any atom is -0.377 e. The third-order valence-corrected chi connectivity index (χ3v) is 3.38. The summed E-state index contributed by atoms with van der Waals surface area (Å²) < 4.78 is 0. The molecular weight excluding hydrogens is 246 g/mol. The lowest BCUT2D eigenvalue weighted by Crippen LogP contribution is -2.11. The Bertz CT molecular complexity index is 554. The van der Waals surface area contributed by atoms with Crippen LogP contribution in [0, 0.1) is 13.8 Å². The molecule has 2 rings (SSSR count). The summed E-state index contributed by atoms with van der Waals surface area (Å²) in [4.78, 5) is 8.62. The molecule has 0 bridgehead atoms. The normalized spacial score (nSPS) is 12.2. The van der Waals surface area contributed by atoms with Crippen LogP contribution in [0.3, 0.4) is 0 Å². The average molecular weight is 262 g/mol. The fraction of sp³-hybridized carbons (Fsp3) is 0.286. The molecule has 0 saturated heterocycles. The van der Waals surface area contributed by atoms with E-state index in [1.165, 1.54) is 0 Å². The molecule has 0 spiro atoms. The quantitative estimate of drug-likeness (QED) is 0.910. The molecule has 0 radical (unpaired) electrons. The maximum absolute atomic E-state index is 6.11. The van der Waals surface area contributed by atoms with Gasteiger partial charge in [-0.25, -0.2) is 0 Å². The van der Waals surface area contributed by atoms with Crippen molar-refractivity contribution in [2.75, 3.05) is 5.32 Å². The average Bonchev–Trinajstić information content (AvgIpc) is 2.35. The Morgan fingerprint density at radius 2 is 1.89 bits per heavy atom. The number of nitrogens with one attached hydrogen (secondary N) is 1. The Kier molecular flexibility index (Phi) is 3.82. The second-order valence-corrected chi connectivity index (χ2v) is 4.71. The van der Waals surface area contributed by atoms with Crippen molar-refractivity contribution in [3.05, 3.63) is 52.6 Å². The molecule has 94 valence electrons. The van der Waals surface area contributed by atoms with E-state index in [1.54, 1.807) is 12.4 Å². The lowest BCUT2D eigenvalue weighted by Gasteiger charge is -2.18. The van der Waals surface area contributed by atoms with Crippen LogP contribution in [0.4, 0.5) is 5.69 Å². The SMILES string of the molecule is Cc1nccnc1C(C)Nc1cccc(Cl)c1C. The lowest BCUT2D eigenvalue weighted by atomic mass is 10.1. The summed E-state index contributed by atoms with van der Waals surface area (Å²) >= 11 is 6.11. The van der Waals surface area contributed by atoms with E-state index < -0.39 is 0 Å². The van der Waals surface area contributed by atoms with Crippen molar-refractivity contribution < 1.29 is 0 Å². The predicted octanol–water partition coefficient (Wildman–Crippen LogP) is 3.92. The monoisotopic (exact) mass is 261 g/mol. The number of halogens is 1. The third-order valence-electron chi connectivity index (χ3n) is 2.97. The number of hydrogen-bond donors (Lipinski definition) is 1. The molecule has 4 heteroatoms. The number of benzene rings is 1. The largest absolute Gasteiger partial charge is 0.377 e. The van der Waals surface area contributed by atoms with Crippen molar-refractivity contribution in [2.45, 2.75) is 26.8 Å². The van der Waals surface area contributed by atoms with Crippen molar-refractivity contribution >= 4 is 17.3 Å². The molecule has 1 unspecified atom stereocenters. The van der Waals surface area contributed by atoms with Gasteiger partial charge in [-0.05, 0) is 38.5 Å². The molecule has 1 aromatic carbocycles. The first-order valence-corrected chi connectivity index (χ1v) is 6.26. The highest BCUT2D eigenvalue weighted by Gasteiger charge is 2.11. The van der Waals surface area contributed by atoms with E-state index >= 15 is 0 Å². The molecule has 18 heavy (non-hydrogen) atoms. The van der Waals surface area contributed by atoms with E-state index in [0.29, 0.717) is 0 Å².